The Balaban J connectivity index is 2.15. The summed E-state index contributed by atoms with van der Waals surface area (Å²) in [5.74, 6) is -0.166. The van der Waals surface area contributed by atoms with Crippen molar-refractivity contribution < 1.29 is 9.71 Å². The Hall–Kier alpha value is -1.35. The minimum Gasteiger partial charge on any atom is -0.361 e. The standard InChI is InChI=1S/C13H17FN2/c1-9(2)15-6-5-10-8-16-13-4-3-11(14)7-12(10)13/h3-4,7-9,15-16H,5-6H2,1-2H3/p+1. The second kappa shape index (κ2) is 4.66. The molecule has 0 bridgehead atoms. The molecule has 0 amide bonds. The van der Waals surface area contributed by atoms with Crippen molar-refractivity contribution in [1.82, 2.24) is 4.98 Å². The van der Waals surface area contributed by atoms with Gasteiger partial charge in [-0.2, -0.15) is 0 Å². The van der Waals surface area contributed by atoms with Crippen molar-refractivity contribution in [2.75, 3.05) is 6.54 Å². The molecule has 0 saturated heterocycles. The number of hydrogen-bond donors (Lipinski definition) is 2. The first-order valence-corrected chi connectivity index (χ1v) is 5.75. The van der Waals surface area contributed by atoms with Gasteiger partial charge in [-0.05, 0) is 37.6 Å². The maximum Gasteiger partial charge on any atom is 0.123 e. The summed E-state index contributed by atoms with van der Waals surface area (Å²) in [6.45, 7) is 5.39. The summed E-state index contributed by atoms with van der Waals surface area (Å²) in [6.07, 6.45) is 2.96. The molecule has 86 valence electrons. The monoisotopic (exact) mass is 221 g/mol. The zero-order valence-corrected chi connectivity index (χ0v) is 9.76. The minimum absolute atomic E-state index is 0.166. The molecule has 0 aliphatic carbocycles. The Morgan fingerprint density at radius 2 is 2.19 bits per heavy atom. The summed E-state index contributed by atoms with van der Waals surface area (Å²) in [6, 6.07) is 5.50. The van der Waals surface area contributed by atoms with Crippen LogP contribution >= 0.6 is 0 Å². The van der Waals surface area contributed by atoms with Gasteiger partial charge in [-0.3, -0.25) is 0 Å². The number of fused-ring (bicyclic) bond motifs is 1. The van der Waals surface area contributed by atoms with E-state index in [0.717, 1.165) is 23.9 Å². The molecule has 0 atom stereocenters. The van der Waals surface area contributed by atoms with Gasteiger partial charge in [0.1, 0.15) is 5.82 Å². The molecular weight excluding hydrogens is 203 g/mol. The van der Waals surface area contributed by atoms with E-state index in [2.05, 4.69) is 24.1 Å². The second-order valence-electron chi connectivity index (χ2n) is 4.52. The molecule has 0 aliphatic heterocycles. The van der Waals surface area contributed by atoms with E-state index in [0.29, 0.717) is 6.04 Å². The third-order valence-corrected chi connectivity index (χ3v) is 2.78. The second-order valence-corrected chi connectivity index (χ2v) is 4.52. The molecule has 0 saturated carbocycles. The highest BCUT2D eigenvalue weighted by molar-refractivity contribution is 5.83. The maximum atomic E-state index is 13.1. The van der Waals surface area contributed by atoms with Gasteiger partial charge in [0.05, 0.1) is 12.6 Å². The first-order valence-electron chi connectivity index (χ1n) is 5.75. The molecular formula is C13H18FN2+. The molecule has 3 heteroatoms. The Kier molecular flexibility index (Phi) is 3.25. The summed E-state index contributed by atoms with van der Waals surface area (Å²) < 4.78 is 13.1. The molecule has 0 unspecified atom stereocenters. The lowest BCUT2D eigenvalue weighted by molar-refractivity contribution is -0.682. The number of nitrogens with two attached hydrogens (primary N) is 1. The number of rotatable bonds is 4. The van der Waals surface area contributed by atoms with Crippen LogP contribution in [0.25, 0.3) is 10.9 Å². The lowest BCUT2D eigenvalue weighted by Crippen LogP contribution is -2.88. The SMILES string of the molecule is CC(C)[NH2+]CCc1c[nH]c2ccc(F)cc12. The number of quaternary nitrogens is 1. The maximum absolute atomic E-state index is 13.1. The van der Waals surface area contributed by atoms with Gasteiger partial charge in [0, 0.05) is 23.5 Å². The normalized spacial score (nSPS) is 11.5. The van der Waals surface area contributed by atoms with Gasteiger partial charge >= 0.3 is 0 Å². The fraction of sp³-hybridized carbons (Fsp3) is 0.385. The van der Waals surface area contributed by atoms with Crippen LogP contribution in [0, 0.1) is 5.82 Å². The minimum atomic E-state index is -0.166. The summed E-state index contributed by atoms with van der Waals surface area (Å²) in [5.41, 5.74) is 2.22. The van der Waals surface area contributed by atoms with Crippen molar-refractivity contribution in [1.29, 1.82) is 0 Å². The van der Waals surface area contributed by atoms with Crippen LogP contribution in [0.3, 0.4) is 0 Å². The number of benzene rings is 1. The van der Waals surface area contributed by atoms with Crippen molar-refractivity contribution in [2.24, 2.45) is 0 Å². The van der Waals surface area contributed by atoms with Gasteiger partial charge in [-0.25, -0.2) is 4.39 Å². The fourth-order valence-electron chi connectivity index (χ4n) is 1.93. The highest BCUT2D eigenvalue weighted by Gasteiger charge is 2.05. The quantitative estimate of drug-likeness (QED) is 0.789. The Labute approximate surface area is 94.9 Å². The number of nitrogens with one attached hydrogen (secondary N) is 1. The summed E-state index contributed by atoms with van der Waals surface area (Å²) in [5, 5.41) is 3.30. The predicted molar refractivity (Wildman–Crippen MR) is 63.9 cm³/mol. The first-order chi connectivity index (χ1) is 7.66. The van der Waals surface area contributed by atoms with Crippen molar-refractivity contribution in [3.63, 3.8) is 0 Å². The van der Waals surface area contributed by atoms with Gasteiger partial charge in [-0.1, -0.05) is 0 Å². The smallest absolute Gasteiger partial charge is 0.123 e. The number of aromatic nitrogens is 1. The topological polar surface area (TPSA) is 32.4 Å². The van der Waals surface area contributed by atoms with Crippen LogP contribution < -0.4 is 5.32 Å². The molecule has 0 spiro atoms. The van der Waals surface area contributed by atoms with E-state index in [-0.39, 0.29) is 5.82 Å². The molecule has 0 radical (unpaired) electrons. The van der Waals surface area contributed by atoms with Crippen molar-refractivity contribution >= 4 is 10.9 Å². The number of halogens is 1. The van der Waals surface area contributed by atoms with E-state index in [1.54, 1.807) is 12.1 Å². The average Bonchev–Trinajstić information content (AvgIpc) is 2.60. The van der Waals surface area contributed by atoms with E-state index in [9.17, 15) is 4.39 Å². The van der Waals surface area contributed by atoms with E-state index in [1.165, 1.54) is 11.6 Å². The van der Waals surface area contributed by atoms with Crippen molar-refractivity contribution in [3.8, 4) is 0 Å². The first kappa shape index (κ1) is 11.1. The highest BCUT2D eigenvalue weighted by atomic mass is 19.1. The van der Waals surface area contributed by atoms with Crippen LogP contribution in [0.5, 0.6) is 0 Å². The van der Waals surface area contributed by atoms with E-state index in [4.69, 9.17) is 0 Å². The summed E-state index contributed by atoms with van der Waals surface area (Å²) >= 11 is 0. The van der Waals surface area contributed by atoms with E-state index < -0.39 is 0 Å². The Morgan fingerprint density at radius 1 is 1.38 bits per heavy atom. The Morgan fingerprint density at radius 3 is 2.94 bits per heavy atom. The number of hydrogen-bond acceptors (Lipinski definition) is 0. The molecule has 0 fully saturated rings. The molecule has 2 aromatic rings. The highest BCUT2D eigenvalue weighted by Crippen LogP contribution is 2.19. The molecule has 2 rings (SSSR count). The number of H-pyrrole nitrogens is 1. The third kappa shape index (κ3) is 2.42. The van der Waals surface area contributed by atoms with Crippen LogP contribution in [-0.2, 0) is 6.42 Å². The van der Waals surface area contributed by atoms with E-state index >= 15 is 0 Å². The van der Waals surface area contributed by atoms with Gasteiger partial charge < -0.3 is 10.3 Å². The molecule has 1 aromatic heterocycles. The Bertz CT molecular complexity index is 474. The van der Waals surface area contributed by atoms with Crippen LogP contribution in [0.2, 0.25) is 0 Å². The molecule has 3 N–H and O–H groups in total. The summed E-state index contributed by atoms with van der Waals surface area (Å²) in [7, 11) is 0. The molecule has 0 aliphatic rings. The molecule has 1 heterocycles. The van der Waals surface area contributed by atoms with Gasteiger partial charge in [0.25, 0.3) is 0 Å². The molecule has 2 nitrogen and oxygen atoms in total. The van der Waals surface area contributed by atoms with Crippen molar-refractivity contribution in [3.05, 3.63) is 35.8 Å². The third-order valence-electron chi connectivity index (χ3n) is 2.78. The lowest BCUT2D eigenvalue weighted by Gasteiger charge is -2.03. The van der Waals surface area contributed by atoms with Gasteiger partial charge in [-0.15, -0.1) is 0 Å². The largest absolute Gasteiger partial charge is 0.361 e. The van der Waals surface area contributed by atoms with Gasteiger partial charge in [0.15, 0.2) is 0 Å². The van der Waals surface area contributed by atoms with Crippen molar-refractivity contribution in [2.45, 2.75) is 26.3 Å². The average molecular weight is 221 g/mol. The van der Waals surface area contributed by atoms with Crippen LogP contribution in [-0.4, -0.2) is 17.6 Å². The predicted octanol–water partition coefficient (Wildman–Crippen LogP) is 1.82. The summed E-state index contributed by atoms with van der Waals surface area (Å²) in [4.78, 5) is 3.17. The zero-order valence-electron chi connectivity index (χ0n) is 9.76. The molecule has 1 aromatic carbocycles. The fourth-order valence-corrected chi connectivity index (χ4v) is 1.93. The van der Waals surface area contributed by atoms with Crippen LogP contribution in [0.15, 0.2) is 24.4 Å². The molecule has 16 heavy (non-hydrogen) atoms. The van der Waals surface area contributed by atoms with Crippen LogP contribution in [0.1, 0.15) is 19.4 Å². The zero-order chi connectivity index (χ0) is 11.5. The number of aromatic amines is 1. The van der Waals surface area contributed by atoms with Crippen LogP contribution in [0.4, 0.5) is 4.39 Å². The van der Waals surface area contributed by atoms with E-state index in [1.807, 2.05) is 6.20 Å². The van der Waals surface area contributed by atoms with Gasteiger partial charge in [0.2, 0.25) is 0 Å². The lowest BCUT2D eigenvalue weighted by atomic mass is 10.1.